The summed E-state index contributed by atoms with van der Waals surface area (Å²) >= 11 is 0. The van der Waals surface area contributed by atoms with Gasteiger partial charge in [-0.05, 0) is 31.2 Å². The van der Waals surface area contributed by atoms with E-state index in [0.717, 1.165) is 11.3 Å². The number of nitrogens with zero attached hydrogens (tertiary/aromatic N) is 3. The van der Waals surface area contributed by atoms with Crippen LogP contribution in [-0.2, 0) is 6.61 Å². The zero-order valence-corrected chi connectivity index (χ0v) is 14.2. The number of carbonyl (C=O) groups excluding carboxylic acids is 1. The number of aldehydes is 1. The van der Waals surface area contributed by atoms with E-state index in [1.807, 2.05) is 19.1 Å². The Kier molecular flexibility index (Phi) is 5.28. The molecule has 3 aromatic rings. The van der Waals surface area contributed by atoms with Crippen molar-refractivity contribution in [3.05, 3.63) is 59.9 Å². The Morgan fingerprint density at radius 3 is 2.85 bits per heavy atom. The molecule has 1 unspecified atom stereocenters. The van der Waals surface area contributed by atoms with Gasteiger partial charge in [-0.25, -0.2) is 0 Å². The number of hydrogen-bond acceptors (Lipinski definition) is 6. The van der Waals surface area contributed by atoms with Crippen LogP contribution in [0.4, 0.5) is 0 Å². The minimum absolute atomic E-state index is 0.0423. The Morgan fingerprint density at radius 2 is 2.08 bits per heavy atom. The van der Waals surface area contributed by atoms with E-state index in [2.05, 4.69) is 10.1 Å². The predicted octanol–water partition coefficient (Wildman–Crippen LogP) is 2.60. The molecule has 0 aliphatic rings. The third-order valence-corrected chi connectivity index (χ3v) is 4.03. The van der Waals surface area contributed by atoms with Crippen molar-refractivity contribution in [2.24, 2.45) is 0 Å². The SMILES string of the molecule is CC(CO)n1nccc1-c1ncccc1COc1cccc(O)c1C=O. The molecule has 2 aromatic heterocycles. The number of phenols is 1. The van der Waals surface area contributed by atoms with E-state index in [0.29, 0.717) is 17.7 Å². The lowest BCUT2D eigenvalue weighted by Gasteiger charge is -2.15. The number of phenolic OH excluding ortho intramolecular Hbond substituents is 1. The number of aromatic hydroxyl groups is 1. The molecule has 7 heteroatoms. The highest BCUT2D eigenvalue weighted by molar-refractivity contribution is 5.83. The third-order valence-electron chi connectivity index (χ3n) is 4.03. The van der Waals surface area contributed by atoms with Crippen molar-refractivity contribution in [2.45, 2.75) is 19.6 Å². The number of pyridine rings is 1. The normalized spacial score (nSPS) is 11.9. The standard InChI is InChI=1S/C19H19N3O4/c1-13(10-23)22-16(7-9-21-22)19-14(4-3-8-20-19)12-26-18-6-2-5-17(25)15(18)11-24/h2-9,11,13,23,25H,10,12H2,1H3. The maximum absolute atomic E-state index is 11.2. The molecule has 2 heterocycles. The summed E-state index contributed by atoms with van der Waals surface area (Å²) in [6.45, 7) is 1.98. The van der Waals surface area contributed by atoms with Gasteiger partial charge in [0, 0.05) is 18.0 Å². The Hall–Kier alpha value is -3.19. The van der Waals surface area contributed by atoms with Crippen LogP contribution in [0.5, 0.6) is 11.5 Å². The first-order valence-corrected chi connectivity index (χ1v) is 8.14. The van der Waals surface area contributed by atoms with Gasteiger partial charge in [0.25, 0.3) is 0 Å². The summed E-state index contributed by atoms with van der Waals surface area (Å²) in [5.74, 6) is 0.172. The third kappa shape index (κ3) is 3.43. The zero-order valence-electron chi connectivity index (χ0n) is 14.2. The Labute approximate surface area is 150 Å². The first-order chi connectivity index (χ1) is 12.7. The summed E-state index contributed by atoms with van der Waals surface area (Å²) in [5.41, 5.74) is 2.34. The van der Waals surface area contributed by atoms with E-state index < -0.39 is 0 Å². The monoisotopic (exact) mass is 353 g/mol. The molecule has 0 radical (unpaired) electrons. The van der Waals surface area contributed by atoms with E-state index in [1.54, 1.807) is 35.3 Å². The van der Waals surface area contributed by atoms with E-state index in [4.69, 9.17) is 4.74 Å². The molecular formula is C19H19N3O4. The Balaban J connectivity index is 1.91. The summed E-state index contributed by atoms with van der Waals surface area (Å²) in [6.07, 6.45) is 3.89. The summed E-state index contributed by atoms with van der Waals surface area (Å²) in [4.78, 5) is 15.6. The first kappa shape index (κ1) is 17.6. The molecule has 0 saturated heterocycles. The fourth-order valence-corrected chi connectivity index (χ4v) is 2.65. The number of aliphatic hydroxyl groups excluding tert-OH is 1. The second kappa shape index (κ2) is 7.79. The summed E-state index contributed by atoms with van der Waals surface area (Å²) in [5, 5.41) is 23.4. The van der Waals surface area contributed by atoms with Crippen molar-refractivity contribution in [1.82, 2.24) is 14.8 Å². The highest BCUT2D eigenvalue weighted by atomic mass is 16.5. The van der Waals surface area contributed by atoms with Crippen LogP contribution in [0.3, 0.4) is 0 Å². The highest BCUT2D eigenvalue weighted by Crippen LogP contribution is 2.28. The number of aromatic nitrogens is 3. The number of benzene rings is 1. The van der Waals surface area contributed by atoms with E-state index >= 15 is 0 Å². The molecule has 0 amide bonds. The van der Waals surface area contributed by atoms with Gasteiger partial charge in [0.15, 0.2) is 6.29 Å². The number of carbonyl (C=O) groups is 1. The quantitative estimate of drug-likeness (QED) is 0.634. The second-order valence-corrected chi connectivity index (χ2v) is 5.80. The molecule has 0 bridgehead atoms. The number of rotatable bonds is 7. The molecule has 0 aliphatic heterocycles. The molecule has 0 fully saturated rings. The van der Waals surface area contributed by atoms with E-state index in [1.165, 1.54) is 6.07 Å². The van der Waals surface area contributed by atoms with Crippen LogP contribution in [0.15, 0.2) is 48.8 Å². The average Bonchev–Trinajstić information content (AvgIpc) is 3.15. The molecule has 134 valence electrons. The molecule has 0 aliphatic carbocycles. The molecule has 7 nitrogen and oxygen atoms in total. The van der Waals surface area contributed by atoms with Crippen LogP contribution in [-0.4, -0.2) is 37.9 Å². The van der Waals surface area contributed by atoms with Gasteiger partial charge in [-0.15, -0.1) is 0 Å². The van der Waals surface area contributed by atoms with Crippen molar-refractivity contribution in [1.29, 1.82) is 0 Å². The molecule has 3 rings (SSSR count). The second-order valence-electron chi connectivity index (χ2n) is 5.80. The Morgan fingerprint density at radius 1 is 1.23 bits per heavy atom. The van der Waals surface area contributed by atoms with Crippen molar-refractivity contribution in [3.63, 3.8) is 0 Å². The summed E-state index contributed by atoms with van der Waals surface area (Å²) in [6, 6.07) is 9.96. The molecular weight excluding hydrogens is 334 g/mol. The zero-order chi connectivity index (χ0) is 18.5. The van der Waals surface area contributed by atoms with Crippen LogP contribution < -0.4 is 4.74 Å². The molecule has 0 saturated carbocycles. The van der Waals surface area contributed by atoms with Gasteiger partial charge in [-0.3, -0.25) is 14.5 Å². The van der Waals surface area contributed by atoms with Crippen molar-refractivity contribution in [3.8, 4) is 22.9 Å². The molecule has 0 spiro atoms. The lowest BCUT2D eigenvalue weighted by molar-refractivity contribution is 0.111. The van der Waals surface area contributed by atoms with Crippen molar-refractivity contribution >= 4 is 6.29 Å². The fourth-order valence-electron chi connectivity index (χ4n) is 2.65. The van der Waals surface area contributed by atoms with Crippen LogP contribution >= 0.6 is 0 Å². The lowest BCUT2D eigenvalue weighted by Crippen LogP contribution is -2.13. The number of hydrogen-bond donors (Lipinski definition) is 2. The Bertz CT molecular complexity index is 907. The number of aliphatic hydroxyl groups is 1. The van der Waals surface area contributed by atoms with Gasteiger partial charge < -0.3 is 14.9 Å². The first-order valence-electron chi connectivity index (χ1n) is 8.14. The summed E-state index contributed by atoms with van der Waals surface area (Å²) < 4.78 is 7.46. The van der Waals surface area contributed by atoms with Gasteiger partial charge in [0.05, 0.1) is 29.6 Å². The summed E-state index contributed by atoms with van der Waals surface area (Å²) in [7, 11) is 0. The predicted molar refractivity (Wildman–Crippen MR) is 95.1 cm³/mol. The fraction of sp³-hybridized carbons (Fsp3) is 0.211. The largest absolute Gasteiger partial charge is 0.507 e. The van der Waals surface area contributed by atoms with Crippen LogP contribution in [0.25, 0.3) is 11.4 Å². The van der Waals surface area contributed by atoms with Crippen LogP contribution in [0.2, 0.25) is 0 Å². The van der Waals surface area contributed by atoms with Gasteiger partial charge in [-0.2, -0.15) is 5.10 Å². The highest BCUT2D eigenvalue weighted by Gasteiger charge is 2.16. The minimum Gasteiger partial charge on any atom is -0.507 e. The minimum atomic E-state index is -0.191. The van der Waals surface area contributed by atoms with E-state index in [-0.39, 0.29) is 30.6 Å². The molecule has 1 atom stereocenters. The van der Waals surface area contributed by atoms with Gasteiger partial charge in [-0.1, -0.05) is 12.1 Å². The lowest BCUT2D eigenvalue weighted by atomic mass is 10.1. The van der Waals surface area contributed by atoms with Crippen molar-refractivity contribution < 1.29 is 19.7 Å². The van der Waals surface area contributed by atoms with Crippen LogP contribution in [0.1, 0.15) is 28.9 Å². The molecule has 26 heavy (non-hydrogen) atoms. The smallest absolute Gasteiger partial charge is 0.157 e. The average molecular weight is 353 g/mol. The van der Waals surface area contributed by atoms with Gasteiger partial charge >= 0.3 is 0 Å². The van der Waals surface area contributed by atoms with E-state index in [9.17, 15) is 15.0 Å². The molecule has 1 aromatic carbocycles. The van der Waals surface area contributed by atoms with Gasteiger partial charge in [0.1, 0.15) is 18.1 Å². The van der Waals surface area contributed by atoms with Crippen molar-refractivity contribution in [2.75, 3.05) is 6.61 Å². The maximum Gasteiger partial charge on any atom is 0.157 e. The number of ether oxygens (including phenoxy) is 1. The molecule has 2 N–H and O–H groups in total. The van der Waals surface area contributed by atoms with Crippen LogP contribution in [0, 0.1) is 0 Å². The topological polar surface area (TPSA) is 97.5 Å². The van der Waals surface area contributed by atoms with Gasteiger partial charge in [0.2, 0.25) is 0 Å². The maximum atomic E-state index is 11.2.